The van der Waals surface area contributed by atoms with Gasteiger partial charge in [0.2, 0.25) is 0 Å². The van der Waals surface area contributed by atoms with E-state index in [1.165, 1.54) is 53.3 Å². The maximum atomic E-state index is 13.8. The van der Waals surface area contributed by atoms with E-state index in [1.807, 2.05) is 0 Å². The summed E-state index contributed by atoms with van der Waals surface area (Å²) in [5, 5.41) is 11.4. The predicted octanol–water partition coefficient (Wildman–Crippen LogP) is 3.19. The molecule has 0 atom stereocenters. The van der Waals surface area contributed by atoms with Crippen LogP contribution in [0.25, 0.3) is 5.69 Å². The number of nitro groups is 1. The van der Waals surface area contributed by atoms with Crippen LogP contribution in [0.3, 0.4) is 0 Å². The van der Waals surface area contributed by atoms with Gasteiger partial charge in [0.15, 0.2) is 0 Å². The van der Waals surface area contributed by atoms with Crippen molar-refractivity contribution in [2.75, 3.05) is 7.05 Å². The van der Waals surface area contributed by atoms with Gasteiger partial charge in [-0.15, -0.1) is 0 Å². The lowest BCUT2D eigenvalue weighted by Crippen LogP contribution is -2.26. The molecule has 26 heavy (non-hydrogen) atoms. The average molecular weight is 354 g/mol. The van der Waals surface area contributed by atoms with E-state index in [4.69, 9.17) is 0 Å². The van der Waals surface area contributed by atoms with Crippen molar-refractivity contribution in [2.24, 2.45) is 0 Å². The molecule has 1 aromatic heterocycles. The minimum Gasteiger partial charge on any atom is -0.337 e. The molecule has 0 radical (unpaired) electrons. The van der Waals surface area contributed by atoms with Gasteiger partial charge < -0.3 is 9.47 Å². The maximum Gasteiger partial charge on any atom is 0.294 e. The van der Waals surface area contributed by atoms with Crippen LogP contribution >= 0.6 is 0 Å². The van der Waals surface area contributed by atoms with Crippen LogP contribution in [-0.4, -0.2) is 32.3 Å². The molecule has 0 fully saturated rings. The molecule has 0 spiro atoms. The third-order valence-corrected chi connectivity index (χ3v) is 3.91. The van der Waals surface area contributed by atoms with Gasteiger partial charge in [0.1, 0.15) is 11.5 Å². The maximum absolute atomic E-state index is 13.8. The summed E-state index contributed by atoms with van der Waals surface area (Å²) in [5.41, 5.74) is 0.612. The first kappa shape index (κ1) is 17.3. The number of aromatic nitrogens is 2. The number of amides is 1. The van der Waals surface area contributed by atoms with Crippen LogP contribution in [0.5, 0.6) is 0 Å². The minimum atomic E-state index is -0.553. The number of imidazole rings is 1. The summed E-state index contributed by atoms with van der Waals surface area (Å²) in [5.74, 6) is -0.845. The van der Waals surface area contributed by atoms with E-state index in [0.29, 0.717) is 11.3 Å². The minimum absolute atomic E-state index is 0.0581. The van der Waals surface area contributed by atoms with Crippen LogP contribution in [0.4, 0.5) is 10.1 Å². The van der Waals surface area contributed by atoms with Crippen LogP contribution in [0.15, 0.2) is 61.2 Å². The van der Waals surface area contributed by atoms with E-state index in [2.05, 4.69) is 4.98 Å². The number of hydrogen-bond acceptors (Lipinski definition) is 4. The highest BCUT2D eigenvalue weighted by Crippen LogP contribution is 2.25. The summed E-state index contributed by atoms with van der Waals surface area (Å²) in [7, 11) is 1.52. The zero-order chi connectivity index (χ0) is 18.7. The molecule has 0 saturated heterocycles. The first-order chi connectivity index (χ1) is 12.5. The average Bonchev–Trinajstić information content (AvgIpc) is 3.17. The molecular formula is C18H15FN4O3. The molecule has 3 rings (SSSR count). The second kappa shape index (κ2) is 7.14. The van der Waals surface area contributed by atoms with Crippen LogP contribution in [0.1, 0.15) is 15.9 Å². The standard InChI is InChI=1S/C18H15FN4O3/c1-21(11-14-4-2-3-5-15(14)19)18(24)13-6-7-16(17(10-13)23(25)26)22-9-8-20-12-22/h2-10,12H,11H2,1H3. The summed E-state index contributed by atoms with van der Waals surface area (Å²) in [4.78, 5) is 28.6. The zero-order valence-corrected chi connectivity index (χ0v) is 13.9. The Hall–Kier alpha value is -3.55. The Labute approximate surface area is 148 Å². The summed E-state index contributed by atoms with van der Waals surface area (Å²) < 4.78 is 15.3. The van der Waals surface area contributed by atoms with Crippen molar-refractivity contribution in [1.82, 2.24) is 14.5 Å². The van der Waals surface area contributed by atoms with Crippen molar-refractivity contribution in [3.8, 4) is 5.69 Å². The number of nitro benzene ring substituents is 1. The Balaban J connectivity index is 1.89. The molecule has 0 aliphatic heterocycles. The van der Waals surface area contributed by atoms with Crippen molar-refractivity contribution >= 4 is 11.6 Å². The molecule has 132 valence electrons. The lowest BCUT2D eigenvalue weighted by Gasteiger charge is -2.18. The molecule has 3 aromatic rings. The number of halogens is 1. The number of nitrogens with zero attached hydrogens (tertiary/aromatic N) is 4. The van der Waals surface area contributed by atoms with Gasteiger partial charge in [-0.25, -0.2) is 9.37 Å². The molecule has 0 aliphatic carbocycles. The van der Waals surface area contributed by atoms with Crippen molar-refractivity contribution in [2.45, 2.75) is 6.54 Å². The Bertz CT molecular complexity index is 957. The van der Waals surface area contributed by atoms with Crippen LogP contribution in [0, 0.1) is 15.9 Å². The van der Waals surface area contributed by atoms with E-state index < -0.39 is 16.6 Å². The Morgan fingerprint density at radius 2 is 2.08 bits per heavy atom. The van der Waals surface area contributed by atoms with Crippen molar-refractivity contribution < 1.29 is 14.1 Å². The smallest absolute Gasteiger partial charge is 0.294 e. The van der Waals surface area contributed by atoms with Gasteiger partial charge in [0.25, 0.3) is 11.6 Å². The van der Waals surface area contributed by atoms with Crippen molar-refractivity contribution in [3.63, 3.8) is 0 Å². The molecule has 1 amide bonds. The summed E-state index contributed by atoms with van der Waals surface area (Å²) >= 11 is 0. The summed E-state index contributed by atoms with van der Waals surface area (Å²) in [6.45, 7) is 0.0581. The third-order valence-electron chi connectivity index (χ3n) is 3.91. The monoisotopic (exact) mass is 354 g/mol. The van der Waals surface area contributed by atoms with Gasteiger partial charge in [-0.05, 0) is 18.2 Å². The second-order valence-electron chi connectivity index (χ2n) is 5.68. The van der Waals surface area contributed by atoms with E-state index in [-0.39, 0.29) is 17.8 Å². The zero-order valence-electron chi connectivity index (χ0n) is 13.9. The fraction of sp³-hybridized carbons (Fsp3) is 0.111. The van der Waals surface area contributed by atoms with Gasteiger partial charge in [-0.3, -0.25) is 14.9 Å². The van der Waals surface area contributed by atoms with Crippen molar-refractivity contribution in [1.29, 1.82) is 0 Å². The third kappa shape index (κ3) is 3.44. The van der Waals surface area contributed by atoms with E-state index >= 15 is 0 Å². The largest absolute Gasteiger partial charge is 0.337 e. The summed E-state index contributed by atoms with van der Waals surface area (Å²) in [6, 6.07) is 10.4. The normalized spacial score (nSPS) is 10.5. The molecule has 0 N–H and O–H groups in total. The molecule has 7 nitrogen and oxygen atoms in total. The molecule has 0 saturated carbocycles. The first-order valence-corrected chi connectivity index (χ1v) is 7.73. The van der Waals surface area contributed by atoms with E-state index in [9.17, 15) is 19.3 Å². The number of rotatable bonds is 5. The molecular weight excluding hydrogens is 339 g/mol. The number of benzene rings is 2. The Kier molecular flexibility index (Phi) is 4.74. The number of hydrogen-bond donors (Lipinski definition) is 0. The first-order valence-electron chi connectivity index (χ1n) is 7.73. The molecule has 8 heteroatoms. The van der Waals surface area contributed by atoms with Crippen LogP contribution < -0.4 is 0 Å². The molecule has 0 bridgehead atoms. The molecule has 0 aliphatic rings. The second-order valence-corrected chi connectivity index (χ2v) is 5.68. The number of carbonyl (C=O) groups is 1. The Morgan fingerprint density at radius 3 is 2.73 bits per heavy atom. The SMILES string of the molecule is CN(Cc1ccccc1F)C(=O)c1ccc(-n2ccnc2)c([N+](=O)[O-])c1. The fourth-order valence-electron chi connectivity index (χ4n) is 2.60. The van der Waals surface area contributed by atoms with Crippen molar-refractivity contribution in [3.05, 3.63) is 88.2 Å². The topological polar surface area (TPSA) is 81.3 Å². The lowest BCUT2D eigenvalue weighted by atomic mass is 10.1. The molecule has 1 heterocycles. The highest BCUT2D eigenvalue weighted by Gasteiger charge is 2.21. The lowest BCUT2D eigenvalue weighted by molar-refractivity contribution is -0.384. The van der Waals surface area contributed by atoms with Gasteiger partial charge in [0, 0.05) is 43.2 Å². The molecule has 2 aromatic carbocycles. The Morgan fingerprint density at radius 1 is 1.31 bits per heavy atom. The van der Waals surface area contributed by atoms with Gasteiger partial charge in [-0.2, -0.15) is 0 Å². The highest BCUT2D eigenvalue weighted by atomic mass is 19.1. The quantitative estimate of drug-likeness (QED) is 0.520. The number of carbonyl (C=O) groups excluding carboxylic acids is 1. The van der Waals surface area contributed by atoms with Gasteiger partial charge >= 0.3 is 0 Å². The van der Waals surface area contributed by atoms with E-state index in [1.54, 1.807) is 24.4 Å². The van der Waals surface area contributed by atoms with Gasteiger partial charge in [0.05, 0.1) is 11.3 Å². The van der Waals surface area contributed by atoms with Crippen LogP contribution in [-0.2, 0) is 6.54 Å². The fourth-order valence-corrected chi connectivity index (χ4v) is 2.60. The molecule has 0 unspecified atom stereocenters. The van der Waals surface area contributed by atoms with Gasteiger partial charge in [-0.1, -0.05) is 18.2 Å². The van der Waals surface area contributed by atoms with E-state index in [0.717, 1.165) is 0 Å². The highest BCUT2D eigenvalue weighted by molar-refractivity contribution is 5.95. The van der Waals surface area contributed by atoms with Crippen LogP contribution in [0.2, 0.25) is 0 Å². The summed E-state index contributed by atoms with van der Waals surface area (Å²) in [6.07, 6.45) is 4.52. The predicted molar refractivity (Wildman–Crippen MR) is 92.4 cm³/mol.